The van der Waals surface area contributed by atoms with Crippen LogP contribution in [0.2, 0.25) is 0 Å². The average Bonchev–Trinajstić information content (AvgIpc) is 3.38. The lowest BCUT2D eigenvalue weighted by Gasteiger charge is -2.36. The first-order valence-electron chi connectivity index (χ1n) is 10.3. The maximum atomic E-state index is 5.48. The second-order valence-electron chi connectivity index (χ2n) is 8.62. The van der Waals surface area contributed by atoms with E-state index in [4.69, 9.17) is 14.0 Å². The van der Waals surface area contributed by atoms with Crippen molar-refractivity contribution in [2.24, 2.45) is 4.99 Å². The lowest BCUT2D eigenvalue weighted by Crippen LogP contribution is -2.52. The number of guanidine groups is 1. The fourth-order valence-electron chi connectivity index (χ4n) is 3.54. The molecule has 0 atom stereocenters. The van der Waals surface area contributed by atoms with E-state index < -0.39 is 0 Å². The zero-order valence-corrected chi connectivity index (χ0v) is 20.9. The topological polar surface area (TPSA) is 88.2 Å². The number of halogens is 1. The number of ether oxygens (including phenoxy) is 2. The van der Waals surface area contributed by atoms with Crippen LogP contribution in [-0.4, -0.2) is 65.9 Å². The highest BCUT2D eigenvalue weighted by atomic mass is 127. The third-order valence-electron chi connectivity index (χ3n) is 5.24. The third-order valence-corrected chi connectivity index (χ3v) is 5.24. The van der Waals surface area contributed by atoms with Crippen LogP contribution < -0.4 is 14.8 Å². The molecule has 2 aliphatic heterocycles. The second-order valence-corrected chi connectivity index (χ2v) is 8.62. The molecule has 0 spiro atoms. The second kappa shape index (κ2) is 10.0. The molecule has 170 valence electrons. The minimum absolute atomic E-state index is 0. The van der Waals surface area contributed by atoms with E-state index in [9.17, 15) is 0 Å². The molecule has 2 aliphatic rings. The Kier molecular flexibility index (Phi) is 7.63. The van der Waals surface area contributed by atoms with Gasteiger partial charge < -0.3 is 24.2 Å². The molecule has 1 fully saturated rings. The molecule has 9 nitrogen and oxygen atoms in total. The molecule has 4 rings (SSSR count). The van der Waals surface area contributed by atoms with Crippen LogP contribution in [-0.2, 0) is 18.5 Å². The predicted octanol–water partition coefficient (Wildman–Crippen LogP) is 2.61. The molecule has 0 radical (unpaired) electrons. The van der Waals surface area contributed by atoms with Crippen LogP contribution in [0.15, 0.2) is 27.7 Å². The summed E-state index contributed by atoms with van der Waals surface area (Å²) < 4.78 is 16.2. The predicted molar refractivity (Wildman–Crippen MR) is 128 cm³/mol. The van der Waals surface area contributed by atoms with Gasteiger partial charge in [-0.05, 0) is 17.7 Å². The molecule has 0 aliphatic carbocycles. The minimum Gasteiger partial charge on any atom is -0.454 e. The Morgan fingerprint density at radius 3 is 2.55 bits per heavy atom. The molecule has 10 heteroatoms. The summed E-state index contributed by atoms with van der Waals surface area (Å²) >= 11 is 0. The number of hydrogen-bond acceptors (Lipinski definition) is 7. The van der Waals surface area contributed by atoms with Crippen molar-refractivity contribution in [1.29, 1.82) is 0 Å². The summed E-state index contributed by atoms with van der Waals surface area (Å²) in [5.74, 6) is 3.82. The molecule has 1 aromatic carbocycles. The molecule has 2 aromatic rings. The van der Waals surface area contributed by atoms with E-state index in [-0.39, 0.29) is 29.4 Å². The molecular weight excluding hydrogens is 511 g/mol. The number of hydrogen-bond donors (Lipinski definition) is 1. The number of aliphatic imine (C=N–C) groups is 1. The number of nitrogens with zero attached hydrogens (tertiary/aromatic N) is 5. The van der Waals surface area contributed by atoms with E-state index >= 15 is 0 Å². The van der Waals surface area contributed by atoms with Crippen LogP contribution in [0.3, 0.4) is 0 Å². The van der Waals surface area contributed by atoms with E-state index in [1.54, 1.807) is 7.05 Å². The zero-order valence-electron chi connectivity index (χ0n) is 18.6. The van der Waals surface area contributed by atoms with Crippen molar-refractivity contribution < 1.29 is 14.0 Å². The number of benzene rings is 1. The normalized spacial score (nSPS) is 16.9. The van der Waals surface area contributed by atoms with Crippen LogP contribution in [0.4, 0.5) is 0 Å². The lowest BCUT2D eigenvalue weighted by molar-refractivity contribution is 0.171. The summed E-state index contributed by atoms with van der Waals surface area (Å²) in [6.07, 6.45) is 0. The summed E-state index contributed by atoms with van der Waals surface area (Å²) in [6.45, 7) is 11.6. The molecule has 3 heterocycles. The molecular formula is C21H31IN6O3. The van der Waals surface area contributed by atoms with Gasteiger partial charge >= 0.3 is 0 Å². The molecule has 1 N–H and O–H groups in total. The maximum Gasteiger partial charge on any atom is 0.232 e. The van der Waals surface area contributed by atoms with E-state index in [2.05, 4.69) is 63.2 Å². The number of aromatic nitrogens is 2. The van der Waals surface area contributed by atoms with Gasteiger partial charge in [0.1, 0.15) is 0 Å². The van der Waals surface area contributed by atoms with Crippen molar-refractivity contribution in [1.82, 2.24) is 25.3 Å². The maximum absolute atomic E-state index is 5.48. The molecule has 0 saturated carbocycles. The van der Waals surface area contributed by atoms with Gasteiger partial charge in [0.25, 0.3) is 0 Å². The Labute approximate surface area is 200 Å². The van der Waals surface area contributed by atoms with E-state index in [0.717, 1.165) is 50.2 Å². The molecule has 0 amide bonds. The summed E-state index contributed by atoms with van der Waals surface area (Å²) in [5, 5.41) is 7.42. The van der Waals surface area contributed by atoms with Crippen molar-refractivity contribution in [2.45, 2.75) is 39.3 Å². The fourth-order valence-corrected chi connectivity index (χ4v) is 3.54. The molecule has 0 bridgehead atoms. The van der Waals surface area contributed by atoms with Crippen molar-refractivity contribution in [3.8, 4) is 11.5 Å². The fraction of sp³-hybridized carbons (Fsp3) is 0.571. The van der Waals surface area contributed by atoms with E-state index in [0.29, 0.717) is 25.1 Å². The monoisotopic (exact) mass is 542 g/mol. The van der Waals surface area contributed by atoms with Gasteiger partial charge in [-0.1, -0.05) is 32.0 Å². The first-order chi connectivity index (χ1) is 14.4. The Morgan fingerprint density at radius 2 is 1.87 bits per heavy atom. The number of fused-ring (bicyclic) bond motifs is 1. The van der Waals surface area contributed by atoms with Gasteiger partial charge in [-0.25, -0.2) is 0 Å². The number of piperazine rings is 1. The van der Waals surface area contributed by atoms with Crippen LogP contribution in [0, 0.1) is 0 Å². The molecule has 1 saturated heterocycles. The third kappa shape index (κ3) is 5.79. The van der Waals surface area contributed by atoms with Gasteiger partial charge in [-0.15, -0.1) is 24.0 Å². The van der Waals surface area contributed by atoms with Gasteiger partial charge in [0.15, 0.2) is 23.3 Å². The van der Waals surface area contributed by atoms with E-state index in [1.807, 2.05) is 6.07 Å². The summed E-state index contributed by atoms with van der Waals surface area (Å²) in [4.78, 5) is 13.6. The zero-order chi connectivity index (χ0) is 21.1. The van der Waals surface area contributed by atoms with Gasteiger partial charge in [-0.2, -0.15) is 4.98 Å². The minimum atomic E-state index is -0.152. The molecule has 31 heavy (non-hydrogen) atoms. The summed E-state index contributed by atoms with van der Waals surface area (Å²) in [6, 6.07) is 6.17. The average molecular weight is 542 g/mol. The van der Waals surface area contributed by atoms with Crippen LogP contribution in [0.5, 0.6) is 11.5 Å². The SMILES string of the molecule is CN=C(NCc1noc(C(C)(C)C)n1)N1CCN(Cc2ccc3c(c2)OCO3)CC1.I. The summed E-state index contributed by atoms with van der Waals surface area (Å²) in [7, 11) is 1.80. The Morgan fingerprint density at radius 1 is 1.13 bits per heavy atom. The first kappa shape index (κ1) is 23.6. The Bertz CT molecular complexity index is 903. The first-order valence-corrected chi connectivity index (χ1v) is 10.3. The Hall–Kier alpha value is -2.08. The highest BCUT2D eigenvalue weighted by Gasteiger charge is 2.23. The number of nitrogens with one attached hydrogen (secondary N) is 1. The standard InChI is InChI=1S/C21H30N6O3.HI/c1-21(2,3)19-24-18(25-30-19)12-23-20(22-4)27-9-7-26(8-10-27)13-15-5-6-16-17(11-15)29-14-28-16;/h5-6,11H,7-10,12-14H2,1-4H3,(H,22,23);1H. The van der Waals surface area contributed by atoms with Gasteiger partial charge in [-0.3, -0.25) is 9.89 Å². The highest BCUT2D eigenvalue weighted by Crippen LogP contribution is 2.32. The lowest BCUT2D eigenvalue weighted by atomic mass is 9.97. The van der Waals surface area contributed by atoms with Gasteiger partial charge in [0.2, 0.25) is 12.7 Å². The van der Waals surface area contributed by atoms with Crippen molar-refractivity contribution in [3.05, 3.63) is 35.5 Å². The Balaban J connectivity index is 0.00000272. The quantitative estimate of drug-likeness (QED) is 0.359. The number of rotatable bonds is 4. The molecule has 1 aromatic heterocycles. The van der Waals surface area contributed by atoms with Crippen molar-refractivity contribution >= 4 is 29.9 Å². The van der Waals surface area contributed by atoms with Crippen LogP contribution in [0.1, 0.15) is 38.0 Å². The van der Waals surface area contributed by atoms with Crippen LogP contribution in [0.25, 0.3) is 0 Å². The summed E-state index contributed by atoms with van der Waals surface area (Å²) in [5.41, 5.74) is 1.09. The van der Waals surface area contributed by atoms with Gasteiger partial charge in [0.05, 0.1) is 6.54 Å². The smallest absolute Gasteiger partial charge is 0.232 e. The van der Waals surface area contributed by atoms with Gasteiger partial charge in [0, 0.05) is 45.2 Å². The van der Waals surface area contributed by atoms with E-state index in [1.165, 1.54) is 5.56 Å². The highest BCUT2D eigenvalue weighted by molar-refractivity contribution is 14.0. The van der Waals surface area contributed by atoms with Crippen LogP contribution >= 0.6 is 24.0 Å². The van der Waals surface area contributed by atoms with Crippen molar-refractivity contribution in [2.75, 3.05) is 40.0 Å². The van der Waals surface area contributed by atoms with Crippen molar-refractivity contribution in [3.63, 3.8) is 0 Å². The largest absolute Gasteiger partial charge is 0.454 e. The molecule has 0 unspecified atom stereocenters.